The van der Waals surface area contributed by atoms with Gasteiger partial charge in [0, 0.05) is 11.6 Å². The Morgan fingerprint density at radius 3 is 2.36 bits per heavy atom. The summed E-state index contributed by atoms with van der Waals surface area (Å²) in [5.74, 6) is 1.81. The van der Waals surface area contributed by atoms with Crippen molar-refractivity contribution in [3.05, 3.63) is 82.4 Å². The highest BCUT2D eigenvalue weighted by atomic mass is 35.5. The summed E-state index contributed by atoms with van der Waals surface area (Å²) in [5, 5.41) is 3.48. The first-order valence-corrected chi connectivity index (χ1v) is 11.1. The van der Waals surface area contributed by atoms with Gasteiger partial charge in [0.1, 0.15) is 5.75 Å². The van der Waals surface area contributed by atoms with Crippen molar-refractivity contribution in [2.24, 2.45) is 0 Å². The molecule has 1 aliphatic rings. The summed E-state index contributed by atoms with van der Waals surface area (Å²) in [7, 11) is 4.84. The van der Waals surface area contributed by atoms with Gasteiger partial charge in [-0.15, -0.1) is 0 Å². The maximum Gasteiger partial charge on any atom is 0.238 e. The van der Waals surface area contributed by atoms with E-state index in [4.69, 9.17) is 25.8 Å². The van der Waals surface area contributed by atoms with E-state index < -0.39 is 0 Å². The number of nitrogens with one attached hydrogen (secondary N) is 1. The Bertz CT molecular complexity index is 1140. The molecule has 0 spiro atoms. The third-order valence-electron chi connectivity index (χ3n) is 5.87. The molecule has 0 aromatic heterocycles. The van der Waals surface area contributed by atoms with Crippen molar-refractivity contribution in [1.29, 1.82) is 0 Å². The van der Waals surface area contributed by atoms with Crippen LogP contribution in [-0.2, 0) is 11.2 Å². The molecule has 3 aromatic rings. The first-order chi connectivity index (χ1) is 16.0. The maximum absolute atomic E-state index is 13.1. The predicted molar refractivity (Wildman–Crippen MR) is 130 cm³/mol. The molecule has 0 unspecified atom stereocenters. The molecule has 3 aromatic carbocycles. The fourth-order valence-corrected chi connectivity index (χ4v) is 4.52. The second-order valence-electron chi connectivity index (χ2n) is 7.83. The smallest absolute Gasteiger partial charge is 0.238 e. The second-order valence-corrected chi connectivity index (χ2v) is 8.27. The lowest BCUT2D eigenvalue weighted by molar-refractivity contribution is -0.117. The monoisotopic (exact) mass is 466 g/mol. The van der Waals surface area contributed by atoms with Crippen LogP contribution >= 0.6 is 11.6 Å². The van der Waals surface area contributed by atoms with Crippen molar-refractivity contribution in [3.8, 4) is 17.2 Å². The molecule has 0 bridgehead atoms. The summed E-state index contributed by atoms with van der Waals surface area (Å²) in [6.07, 6.45) is 0.798. The largest absolute Gasteiger partial charge is 0.495 e. The SMILES string of the molecule is COc1ccc(Cl)cc1NC(=O)CN1CCc2cc(OC)c(OC)cc2[C@H]1c1ccccc1. The number of carbonyl (C=O) groups is 1. The molecular weight excluding hydrogens is 440 g/mol. The number of fused-ring (bicyclic) bond motifs is 1. The van der Waals surface area contributed by atoms with E-state index in [1.165, 1.54) is 5.56 Å². The molecule has 1 heterocycles. The Labute approximate surface area is 199 Å². The summed E-state index contributed by atoms with van der Waals surface area (Å²) in [5.41, 5.74) is 3.96. The molecule has 0 fully saturated rings. The number of ether oxygens (including phenoxy) is 3. The molecule has 1 atom stereocenters. The zero-order valence-electron chi connectivity index (χ0n) is 18.9. The molecular formula is C26H27ClN2O4. The minimum Gasteiger partial charge on any atom is -0.495 e. The highest BCUT2D eigenvalue weighted by molar-refractivity contribution is 6.31. The van der Waals surface area contributed by atoms with Crippen LogP contribution in [0.4, 0.5) is 5.69 Å². The summed E-state index contributed by atoms with van der Waals surface area (Å²) >= 11 is 6.12. The zero-order valence-corrected chi connectivity index (χ0v) is 19.7. The lowest BCUT2D eigenvalue weighted by Gasteiger charge is -2.37. The Morgan fingerprint density at radius 1 is 0.970 bits per heavy atom. The summed E-state index contributed by atoms with van der Waals surface area (Å²) in [6.45, 7) is 0.936. The van der Waals surface area contributed by atoms with Crippen molar-refractivity contribution in [2.75, 3.05) is 39.7 Å². The van der Waals surface area contributed by atoms with Crippen LogP contribution in [-0.4, -0.2) is 45.2 Å². The molecule has 0 saturated carbocycles. The van der Waals surface area contributed by atoms with Crippen LogP contribution in [0.5, 0.6) is 17.2 Å². The molecule has 0 saturated heterocycles. The molecule has 1 aliphatic heterocycles. The Morgan fingerprint density at radius 2 is 1.67 bits per heavy atom. The topological polar surface area (TPSA) is 60.0 Å². The van der Waals surface area contributed by atoms with Crippen molar-refractivity contribution in [1.82, 2.24) is 4.90 Å². The number of nitrogens with zero attached hydrogens (tertiary/aromatic N) is 1. The number of benzene rings is 3. The number of anilines is 1. The third kappa shape index (κ3) is 4.92. The highest BCUT2D eigenvalue weighted by Gasteiger charge is 2.31. The summed E-state index contributed by atoms with van der Waals surface area (Å²) in [6, 6.07) is 19.3. The van der Waals surface area contributed by atoms with Crippen LogP contribution in [0.15, 0.2) is 60.7 Å². The molecule has 33 heavy (non-hydrogen) atoms. The van der Waals surface area contributed by atoms with Gasteiger partial charge in [-0.05, 0) is 53.4 Å². The number of halogens is 1. The van der Waals surface area contributed by atoms with Gasteiger partial charge in [0.2, 0.25) is 5.91 Å². The lowest BCUT2D eigenvalue weighted by Crippen LogP contribution is -2.41. The van der Waals surface area contributed by atoms with Crippen LogP contribution in [0.2, 0.25) is 5.02 Å². The van der Waals surface area contributed by atoms with E-state index in [-0.39, 0.29) is 18.5 Å². The van der Waals surface area contributed by atoms with E-state index in [1.807, 2.05) is 30.3 Å². The van der Waals surface area contributed by atoms with Gasteiger partial charge in [0.05, 0.1) is 39.6 Å². The molecule has 0 radical (unpaired) electrons. The van der Waals surface area contributed by atoms with Crippen LogP contribution in [0.25, 0.3) is 0 Å². The minimum atomic E-state index is -0.138. The number of amides is 1. The number of methoxy groups -OCH3 is 3. The van der Waals surface area contributed by atoms with Gasteiger partial charge >= 0.3 is 0 Å². The number of hydrogen-bond acceptors (Lipinski definition) is 5. The first-order valence-electron chi connectivity index (χ1n) is 10.7. The lowest BCUT2D eigenvalue weighted by atomic mass is 9.87. The highest BCUT2D eigenvalue weighted by Crippen LogP contribution is 2.41. The van der Waals surface area contributed by atoms with Crippen LogP contribution in [0, 0.1) is 0 Å². The van der Waals surface area contributed by atoms with E-state index in [9.17, 15) is 4.79 Å². The Hall–Kier alpha value is -3.22. The van der Waals surface area contributed by atoms with Gasteiger partial charge in [-0.25, -0.2) is 0 Å². The molecule has 0 aliphatic carbocycles. The number of rotatable bonds is 7. The second kappa shape index (κ2) is 10.1. The first kappa shape index (κ1) is 23.0. The quantitative estimate of drug-likeness (QED) is 0.533. The van der Waals surface area contributed by atoms with Crippen molar-refractivity contribution >= 4 is 23.2 Å². The molecule has 4 rings (SSSR count). The molecule has 1 N–H and O–H groups in total. The van der Waals surface area contributed by atoms with E-state index >= 15 is 0 Å². The Kier molecular flexibility index (Phi) is 7.06. The van der Waals surface area contributed by atoms with Crippen LogP contribution < -0.4 is 19.5 Å². The molecule has 172 valence electrons. The Balaban J connectivity index is 1.65. The standard InChI is InChI=1S/C26H27ClN2O4/c1-31-22-10-9-19(27)14-21(22)28-25(30)16-29-12-11-18-13-23(32-2)24(33-3)15-20(18)26(29)17-7-5-4-6-8-17/h4-10,13-15,26H,11-12,16H2,1-3H3,(H,28,30)/t26-/m1/s1. The van der Waals surface area contributed by atoms with E-state index in [1.54, 1.807) is 39.5 Å². The van der Waals surface area contributed by atoms with E-state index in [0.29, 0.717) is 28.0 Å². The molecule has 7 heteroatoms. The normalized spacial score (nSPS) is 15.5. The van der Waals surface area contributed by atoms with E-state index in [2.05, 4.69) is 22.3 Å². The maximum atomic E-state index is 13.1. The number of hydrogen-bond donors (Lipinski definition) is 1. The molecule has 6 nitrogen and oxygen atoms in total. The van der Waals surface area contributed by atoms with Gasteiger partial charge in [0.15, 0.2) is 11.5 Å². The summed E-state index contributed by atoms with van der Waals surface area (Å²) < 4.78 is 16.4. The van der Waals surface area contributed by atoms with Gasteiger partial charge in [-0.3, -0.25) is 9.69 Å². The fraction of sp³-hybridized carbons (Fsp3) is 0.269. The van der Waals surface area contributed by atoms with E-state index in [0.717, 1.165) is 24.1 Å². The van der Waals surface area contributed by atoms with Crippen molar-refractivity contribution < 1.29 is 19.0 Å². The summed E-state index contributed by atoms with van der Waals surface area (Å²) in [4.78, 5) is 15.3. The van der Waals surface area contributed by atoms with Gasteiger partial charge < -0.3 is 19.5 Å². The molecule has 1 amide bonds. The zero-order chi connectivity index (χ0) is 23.4. The van der Waals surface area contributed by atoms with Crippen LogP contribution in [0.3, 0.4) is 0 Å². The average molecular weight is 467 g/mol. The van der Waals surface area contributed by atoms with Crippen LogP contribution in [0.1, 0.15) is 22.7 Å². The predicted octanol–water partition coefficient (Wildman–Crippen LogP) is 4.95. The van der Waals surface area contributed by atoms with Crippen molar-refractivity contribution in [3.63, 3.8) is 0 Å². The minimum absolute atomic E-state index is 0.0956. The van der Waals surface area contributed by atoms with Gasteiger partial charge in [-0.1, -0.05) is 41.9 Å². The average Bonchev–Trinajstić information content (AvgIpc) is 2.83. The third-order valence-corrected chi connectivity index (χ3v) is 6.11. The van der Waals surface area contributed by atoms with Gasteiger partial charge in [-0.2, -0.15) is 0 Å². The van der Waals surface area contributed by atoms with Crippen molar-refractivity contribution in [2.45, 2.75) is 12.5 Å². The van der Waals surface area contributed by atoms with Gasteiger partial charge in [0.25, 0.3) is 0 Å². The number of carbonyl (C=O) groups excluding carboxylic acids is 1. The fourth-order valence-electron chi connectivity index (χ4n) is 4.35.